The molecule has 0 heterocycles. The van der Waals surface area contributed by atoms with Crippen molar-refractivity contribution in [3.8, 4) is 23.3 Å². The summed E-state index contributed by atoms with van der Waals surface area (Å²) in [5.41, 5.74) is 1.17. The van der Waals surface area contributed by atoms with Crippen molar-refractivity contribution in [3.63, 3.8) is 0 Å². The lowest BCUT2D eigenvalue weighted by atomic mass is 10.1. The van der Waals surface area contributed by atoms with E-state index in [4.69, 9.17) is 25.8 Å². The second-order valence-corrected chi connectivity index (χ2v) is 6.83. The molecule has 0 saturated heterocycles. The summed E-state index contributed by atoms with van der Waals surface area (Å²) in [6.07, 6.45) is 1.43. The molecule has 8 heteroatoms. The molecular formula is C20H18BrClN2O4. The topological polar surface area (TPSA) is 80.6 Å². The highest BCUT2D eigenvalue weighted by Gasteiger charge is 2.14. The highest BCUT2D eigenvalue weighted by atomic mass is 79.9. The summed E-state index contributed by atoms with van der Waals surface area (Å²) in [6, 6.07) is 10.5. The Balaban J connectivity index is 2.24. The zero-order valence-corrected chi connectivity index (χ0v) is 17.8. The predicted octanol–water partition coefficient (Wildman–Crippen LogP) is 4.35. The van der Waals surface area contributed by atoms with E-state index in [1.807, 2.05) is 6.07 Å². The van der Waals surface area contributed by atoms with Crippen molar-refractivity contribution in [1.82, 2.24) is 5.32 Å². The Morgan fingerprint density at radius 2 is 1.96 bits per heavy atom. The van der Waals surface area contributed by atoms with E-state index >= 15 is 0 Å². The van der Waals surface area contributed by atoms with E-state index < -0.39 is 5.91 Å². The Bertz CT molecular complexity index is 954. The molecule has 2 rings (SSSR count). The van der Waals surface area contributed by atoms with E-state index in [1.54, 1.807) is 37.4 Å². The molecule has 0 atom stereocenters. The molecule has 1 amide bonds. The molecule has 1 N–H and O–H groups in total. The maximum Gasteiger partial charge on any atom is 0.262 e. The lowest BCUT2D eigenvalue weighted by Gasteiger charge is -2.12. The van der Waals surface area contributed by atoms with Gasteiger partial charge in [-0.1, -0.05) is 11.6 Å². The summed E-state index contributed by atoms with van der Waals surface area (Å²) in [4.78, 5) is 12.5. The van der Waals surface area contributed by atoms with Crippen LogP contribution in [0.3, 0.4) is 0 Å². The molecule has 0 saturated carbocycles. The third kappa shape index (κ3) is 5.18. The van der Waals surface area contributed by atoms with Gasteiger partial charge in [-0.3, -0.25) is 4.79 Å². The third-order valence-electron chi connectivity index (χ3n) is 3.84. The van der Waals surface area contributed by atoms with Gasteiger partial charge in [-0.25, -0.2) is 0 Å². The minimum Gasteiger partial charge on any atom is -0.497 e. The van der Waals surface area contributed by atoms with Crippen LogP contribution in [0.4, 0.5) is 0 Å². The Kier molecular flexibility index (Phi) is 7.73. The number of amides is 1. The molecule has 28 heavy (non-hydrogen) atoms. The number of hydrogen-bond acceptors (Lipinski definition) is 5. The number of carbonyl (C=O) groups is 1. The lowest BCUT2D eigenvalue weighted by Crippen LogP contribution is -2.24. The number of ether oxygens (including phenoxy) is 3. The fourth-order valence-electron chi connectivity index (χ4n) is 2.48. The van der Waals surface area contributed by atoms with Crippen LogP contribution in [0, 0.1) is 11.3 Å². The summed E-state index contributed by atoms with van der Waals surface area (Å²) in [5.74, 6) is 1.16. The second-order valence-electron chi connectivity index (χ2n) is 5.54. The predicted molar refractivity (Wildman–Crippen MR) is 111 cm³/mol. The first-order valence-electron chi connectivity index (χ1n) is 8.07. The summed E-state index contributed by atoms with van der Waals surface area (Å²) >= 11 is 9.41. The molecule has 6 nitrogen and oxygen atoms in total. The Morgan fingerprint density at radius 1 is 1.21 bits per heavy atom. The minimum atomic E-state index is -0.529. The van der Waals surface area contributed by atoms with E-state index in [0.717, 1.165) is 5.56 Å². The van der Waals surface area contributed by atoms with Crippen molar-refractivity contribution in [2.45, 2.75) is 6.54 Å². The molecule has 0 aliphatic carbocycles. The van der Waals surface area contributed by atoms with Crippen molar-refractivity contribution in [2.24, 2.45) is 0 Å². The number of rotatable bonds is 7. The molecule has 2 aromatic rings. The zero-order chi connectivity index (χ0) is 20.7. The molecule has 2 aromatic carbocycles. The molecule has 0 unspecified atom stereocenters. The number of methoxy groups -OCH3 is 3. The molecule has 0 aliphatic rings. The first-order chi connectivity index (χ1) is 13.4. The Morgan fingerprint density at radius 3 is 2.57 bits per heavy atom. The van der Waals surface area contributed by atoms with Crippen LogP contribution in [0.15, 0.2) is 40.4 Å². The maximum atomic E-state index is 12.5. The fraction of sp³-hybridized carbons (Fsp3) is 0.200. The van der Waals surface area contributed by atoms with Crippen molar-refractivity contribution in [1.29, 1.82) is 5.26 Å². The summed E-state index contributed by atoms with van der Waals surface area (Å²) in [5, 5.41) is 12.6. The van der Waals surface area contributed by atoms with Crippen LogP contribution in [0.1, 0.15) is 11.1 Å². The molecule has 0 fully saturated rings. The van der Waals surface area contributed by atoms with Crippen LogP contribution in [-0.4, -0.2) is 27.2 Å². The van der Waals surface area contributed by atoms with E-state index in [2.05, 4.69) is 21.2 Å². The molecule has 0 radical (unpaired) electrons. The van der Waals surface area contributed by atoms with Gasteiger partial charge in [-0.2, -0.15) is 5.26 Å². The molecular weight excluding hydrogens is 448 g/mol. The number of nitrogens with zero attached hydrogens (tertiary/aromatic N) is 1. The molecule has 146 valence electrons. The van der Waals surface area contributed by atoms with Gasteiger partial charge in [0, 0.05) is 28.8 Å². The van der Waals surface area contributed by atoms with Gasteiger partial charge >= 0.3 is 0 Å². The summed E-state index contributed by atoms with van der Waals surface area (Å²) in [6.45, 7) is 0.182. The summed E-state index contributed by atoms with van der Waals surface area (Å²) in [7, 11) is 4.58. The van der Waals surface area contributed by atoms with E-state index in [9.17, 15) is 10.1 Å². The van der Waals surface area contributed by atoms with Crippen LogP contribution in [0.25, 0.3) is 6.08 Å². The standard InChI is InChI=1S/C20H18BrClN2O4/c1-26-16-5-4-12(18(9-16)27-2)11-24-20(25)14(10-23)6-13-7-15(22)8-17(21)19(13)28-3/h4-9H,11H2,1-3H3,(H,24,25)/b14-6+. The van der Waals surface area contributed by atoms with Gasteiger partial charge in [0.25, 0.3) is 5.91 Å². The normalized spacial score (nSPS) is 10.8. The number of nitriles is 1. The maximum absolute atomic E-state index is 12.5. The molecule has 0 aliphatic heterocycles. The first-order valence-corrected chi connectivity index (χ1v) is 9.24. The number of halogens is 2. The number of nitrogens with one attached hydrogen (secondary N) is 1. The van der Waals surface area contributed by atoms with Gasteiger partial charge in [0.2, 0.25) is 0 Å². The first kappa shape index (κ1) is 21.6. The quantitative estimate of drug-likeness (QED) is 0.486. The van der Waals surface area contributed by atoms with Gasteiger partial charge in [0.1, 0.15) is 28.9 Å². The Hall–Kier alpha value is -2.69. The van der Waals surface area contributed by atoms with Gasteiger partial charge in [-0.05, 0) is 46.3 Å². The van der Waals surface area contributed by atoms with Gasteiger partial charge in [0.15, 0.2) is 0 Å². The van der Waals surface area contributed by atoms with Gasteiger partial charge in [-0.15, -0.1) is 0 Å². The van der Waals surface area contributed by atoms with Crippen molar-refractivity contribution >= 4 is 39.5 Å². The largest absolute Gasteiger partial charge is 0.497 e. The molecule has 0 aromatic heterocycles. The minimum absolute atomic E-state index is 0.0834. The zero-order valence-electron chi connectivity index (χ0n) is 15.5. The average Bonchev–Trinajstić information content (AvgIpc) is 2.69. The van der Waals surface area contributed by atoms with E-state index in [0.29, 0.717) is 32.3 Å². The molecule has 0 spiro atoms. The number of benzene rings is 2. The fourth-order valence-corrected chi connectivity index (χ4v) is 3.47. The Labute approximate surface area is 176 Å². The van der Waals surface area contributed by atoms with Crippen LogP contribution in [-0.2, 0) is 11.3 Å². The lowest BCUT2D eigenvalue weighted by molar-refractivity contribution is -0.117. The SMILES string of the molecule is COc1ccc(CNC(=O)/C(C#N)=C/c2cc(Cl)cc(Br)c2OC)c(OC)c1. The third-order valence-corrected chi connectivity index (χ3v) is 4.65. The van der Waals surface area contributed by atoms with Gasteiger partial charge < -0.3 is 19.5 Å². The van der Waals surface area contributed by atoms with Crippen molar-refractivity contribution in [3.05, 3.63) is 56.5 Å². The van der Waals surface area contributed by atoms with Gasteiger partial charge in [0.05, 0.1) is 25.8 Å². The van der Waals surface area contributed by atoms with Crippen LogP contribution >= 0.6 is 27.5 Å². The van der Waals surface area contributed by atoms with Crippen LogP contribution < -0.4 is 19.5 Å². The van der Waals surface area contributed by atoms with Crippen LogP contribution in [0.2, 0.25) is 5.02 Å². The van der Waals surface area contributed by atoms with Crippen molar-refractivity contribution < 1.29 is 19.0 Å². The highest BCUT2D eigenvalue weighted by Crippen LogP contribution is 2.34. The second kappa shape index (κ2) is 10.0. The van der Waals surface area contributed by atoms with E-state index in [1.165, 1.54) is 20.3 Å². The number of hydrogen-bond donors (Lipinski definition) is 1. The average molecular weight is 466 g/mol. The van der Waals surface area contributed by atoms with Crippen molar-refractivity contribution in [2.75, 3.05) is 21.3 Å². The summed E-state index contributed by atoms with van der Waals surface area (Å²) < 4.78 is 16.4. The monoisotopic (exact) mass is 464 g/mol. The smallest absolute Gasteiger partial charge is 0.262 e. The highest BCUT2D eigenvalue weighted by molar-refractivity contribution is 9.10. The molecule has 0 bridgehead atoms. The number of carbonyl (C=O) groups excluding carboxylic acids is 1. The van der Waals surface area contributed by atoms with E-state index in [-0.39, 0.29) is 12.1 Å². The van der Waals surface area contributed by atoms with Crippen LogP contribution in [0.5, 0.6) is 17.2 Å².